The van der Waals surface area contributed by atoms with Crippen molar-refractivity contribution in [3.8, 4) is 11.5 Å². The van der Waals surface area contributed by atoms with E-state index in [4.69, 9.17) is 27.5 Å². The third-order valence-corrected chi connectivity index (χ3v) is 3.66. The van der Waals surface area contributed by atoms with Crippen molar-refractivity contribution in [2.45, 2.75) is 20.8 Å². The number of hydrogen-bond donors (Lipinski definition) is 2. The van der Waals surface area contributed by atoms with E-state index in [0.29, 0.717) is 17.1 Å². The summed E-state index contributed by atoms with van der Waals surface area (Å²) in [6.07, 6.45) is 0. The van der Waals surface area contributed by atoms with Crippen LogP contribution in [0.2, 0.25) is 5.02 Å². The minimum Gasteiger partial charge on any atom is -0.457 e. The van der Waals surface area contributed by atoms with E-state index in [2.05, 4.69) is 0 Å². The van der Waals surface area contributed by atoms with Crippen LogP contribution in [-0.4, -0.2) is 5.84 Å². The summed E-state index contributed by atoms with van der Waals surface area (Å²) in [5.41, 5.74) is 9.13. The second-order valence-electron chi connectivity index (χ2n) is 4.89. The van der Waals surface area contributed by atoms with E-state index in [9.17, 15) is 0 Å². The Kier molecular flexibility index (Phi) is 4.00. The molecule has 0 aliphatic carbocycles. The second kappa shape index (κ2) is 5.55. The van der Waals surface area contributed by atoms with Crippen LogP contribution in [0.4, 0.5) is 0 Å². The molecule has 2 aromatic carbocycles. The fraction of sp³-hybridized carbons (Fsp3) is 0.188. The summed E-state index contributed by atoms with van der Waals surface area (Å²) in [6.45, 7) is 5.84. The standard InChI is InChI=1S/C16H17ClN2O/c1-9-4-5-13(16(18)19)14(6-9)20-12-7-10(2)15(17)11(3)8-12/h4-8H,1-3H3,(H3,18,19). The van der Waals surface area contributed by atoms with Crippen molar-refractivity contribution in [1.29, 1.82) is 5.41 Å². The van der Waals surface area contributed by atoms with E-state index in [1.807, 2.05) is 45.0 Å². The lowest BCUT2D eigenvalue weighted by molar-refractivity contribution is 0.480. The zero-order chi connectivity index (χ0) is 14.9. The van der Waals surface area contributed by atoms with Crippen molar-refractivity contribution in [2.75, 3.05) is 0 Å². The number of nitrogens with one attached hydrogen (secondary N) is 1. The molecule has 0 radical (unpaired) electrons. The number of amidine groups is 1. The molecule has 2 aromatic rings. The van der Waals surface area contributed by atoms with Gasteiger partial charge in [0.25, 0.3) is 0 Å². The number of halogens is 1. The lowest BCUT2D eigenvalue weighted by Gasteiger charge is -2.13. The van der Waals surface area contributed by atoms with E-state index in [-0.39, 0.29) is 5.84 Å². The third-order valence-electron chi connectivity index (χ3n) is 3.07. The first-order chi connectivity index (χ1) is 9.38. The SMILES string of the molecule is Cc1ccc(C(=N)N)c(Oc2cc(C)c(Cl)c(C)c2)c1. The Morgan fingerprint density at radius 1 is 1.10 bits per heavy atom. The van der Waals surface area contributed by atoms with E-state index >= 15 is 0 Å². The highest BCUT2D eigenvalue weighted by atomic mass is 35.5. The molecule has 20 heavy (non-hydrogen) atoms. The van der Waals surface area contributed by atoms with Crippen LogP contribution in [0, 0.1) is 26.2 Å². The van der Waals surface area contributed by atoms with Crippen LogP contribution in [0.5, 0.6) is 11.5 Å². The van der Waals surface area contributed by atoms with Crippen molar-refractivity contribution >= 4 is 17.4 Å². The minimum atomic E-state index is -0.0117. The Labute approximate surface area is 123 Å². The molecule has 2 rings (SSSR count). The Morgan fingerprint density at radius 2 is 1.70 bits per heavy atom. The molecule has 0 saturated carbocycles. The fourth-order valence-electron chi connectivity index (χ4n) is 2.03. The minimum absolute atomic E-state index is 0.0117. The molecule has 0 fully saturated rings. The van der Waals surface area contributed by atoms with Gasteiger partial charge in [-0.05, 0) is 61.7 Å². The molecule has 0 amide bonds. The highest BCUT2D eigenvalue weighted by Crippen LogP contribution is 2.31. The third kappa shape index (κ3) is 2.94. The van der Waals surface area contributed by atoms with Gasteiger partial charge in [0, 0.05) is 5.02 Å². The predicted octanol–water partition coefficient (Wildman–Crippen LogP) is 4.34. The number of nitrogen functional groups attached to an aromatic ring is 1. The van der Waals surface area contributed by atoms with Gasteiger partial charge < -0.3 is 10.5 Å². The molecule has 0 spiro atoms. The van der Waals surface area contributed by atoms with Gasteiger partial charge in [-0.15, -0.1) is 0 Å². The predicted molar refractivity (Wildman–Crippen MR) is 83.2 cm³/mol. The van der Waals surface area contributed by atoms with Gasteiger partial charge in [-0.25, -0.2) is 0 Å². The van der Waals surface area contributed by atoms with E-state index in [0.717, 1.165) is 21.7 Å². The summed E-state index contributed by atoms with van der Waals surface area (Å²) in [5.74, 6) is 1.26. The maximum absolute atomic E-state index is 7.61. The smallest absolute Gasteiger partial charge is 0.138 e. The topological polar surface area (TPSA) is 59.1 Å². The molecule has 0 atom stereocenters. The zero-order valence-corrected chi connectivity index (χ0v) is 12.5. The number of nitrogens with two attached hydrogens (primary N) is 1. The average molecular weight is 289 g/mol. The Hall–Kier alpha value is -2.00. The van der Waals surface area contributed by atoms with Crippen LogP contribution in [0.15, 0.2) is 30.3 Å². The summed E-state index contributed by atoms with van der Waals surface area (Å²) in [4.78, 5) is 0. The number of aryl methyl sites for hydroxylation is 3. The van der Waals surface area contributed by atoms with Crippen LogP contribution in [0.1, 0.15) is 22.3 Å². The Bertz CT molecular complexity index is 657. The molecule has 0 aliphatic heterocycles. The molecular formula is C16H17ClN2O. The quantitative estimate of drug-likeness (QED) is 0.652. The summed E-state index contributed by atoms with van der Waals surface area (Å²) < 4.78 is 5.89. The first-order valence-electron chi connectivity index (χ1n) is 6.28. The van der Waals surface area contributed by atoms with Crippen molar-refractivity contribution in [1.82, 2.24) is 0 Å². The molecular weight excluding hydrogens is 272 g/mol. The van der Waals surface area contributed by atoms with Crippen molar-refractivity contribution in [2.24, 2.45) is 5.73 Å². The summed E-state index contributed by atoms with van der Waals surface area (Å²) >= 11 is 6.15. The molecule has 3 N–H and O–H groups in total. The van der Waals surface area contributed by atoms with Gasteiger partial charge in [0.2, 0.25) is 0 Å². The van der Waals surface area contributed by atoms with Crippen LogP contribution in [0.3, 0.4) is 0 Å². The maximum atomic E-state index is 7.61. The van der Waals surface area contributed by atoms with E-state index in [1.165, 1.54) is 0 Å². The van der Waals surface area contributed by atoms with Gasteiger partial charge in [0.1, 0.15) is 17.3 Å². The van der Waals surface area contributed by atoms with E-state index in [1.54, 1.807) is 6.07 Å². The second-order valence-corrected chi connectivity index (χ2v) is 5.26. The number of benzene rings is 2. The lowest BCUT2D eigenvalue weighted by Crippen LogP contribution is -2.12. The first-order valence-corrected chi connectivity index (χ1v) is 6.66. The molecule has 0 heterocycles. The van der Waals surface area contributed by atoms with Gasteiger partial charge >= 0.3 is 0 Å². The van der Waals surface area contributed by atoms with Crippen LogP contribution in [0.25, 0.3) is 0 Å². The molecule has 4 heteroatoms. The maximum Gasteiger partial charge on any atom is 0.138 e. The molecule has 0 saturated heterocycles. The van der Waals surface area contributed by atoms with Crippen molar-refractivity contribution in [3.63, 3.8) is 0 Å². The first kappa shape index (κ1) is 14.4. The van der Waals surface area contributed by atoms with Gasteiger partial charge in [-0.3, -0.25) is 5.41 Å². The van der Waals surface area contributed by atoms with Gasteiger partial charge in [0.05, 0.1) is 5.56 Å². The number of rotatable bonds is 3. The Balaban J connectivity index is 2.44. The summed E-state index contributed by atoms with van der Waals surface area (Å²) in [7, 11) is 0. The lowest BCUT2D eigenvalue weighted by atomic mass is 10.1. The molecule has 104 valence electrons. The summed E-state index contributed by atoms with van der Waals surface area (Å²) in [6, 6.07) is 9.32. The van der Waals surface area contributed by atoms with Gasteiger partial charge in [0.15, 0.2) is 0 Å². The van der Waals surface area contributed by atoms with E-state index < -0.39 is 0 Å². The molecule has 3 nitrogen and oxygen atoms in total. The summed E-state index contributed by atoms with van der Waals surface area (Å²) in [5, 5.41) is 8.35. The Morgan fingerprint density at radius 3 is 2.25 bits per heavy atom. The number of ether oxygens (including phenoxy) is 1. The van der Waals surface area contributed by atoms with Gasteiger partial charge in [-0.2, -0.15) is 0 Å². The molecule has 0 aliphatic rings. The van der Waals surface area contributed by atoms with Crippen LogP contribution < -0.4 is 10.5 Å². The molecule has 0 unspecified atom stereocenters. The normalized spacial score (nSPS) is 10.4. The highest BCUT2D eigenvalue weighted by molar-refractivity contribution is 6.32. The van der Waals surface area contributed by atoms with Crippen molar-refractivity contribution in [3.05, 3.63) is 57.6 Å². The number of hydrogen-bond acceptors (Lipinski definition) is 2. The molecule has 0 aromatic heterocycles. The van der Waals surface area contributed by atoms with Gasteiger partial charge in [-0.1, -0.05) is 17.7 Å². The highest BCUT2D eigenvalue weighted by Gasteiger charge is 2.10. The zero-order valence-electron chi connectivity index (χ0n) is 11.8. The van der Waals surface area contributed by atoms with Crippen LogP contribution >= 0.6 is 11.6 Å². The molecule has 0 bridgehead atoms. The fourth-order valence-corrected chi connectivity index (χ4v) is 2.14. The van der Waals surface area contributed by atoms with Crippen molar-refractivity contribution < 1.29 is 4.74 Å². The van der Waals surface area contributed by atoms with Crippen LogP contribution in [-0.2, 0) is 0 Å². The average Bonchev–Trinajstić information content (AvgIpc) is 2.35. The monoisotopic (exact) mass is 288 g/mol. The largest absolute Gasteiger partial charge is 0.457 e.